The van der Waals surface area contributed by atoms with Crippen LogP contribution in [0, 0.1) is 9.49 Å². The van der Waals surface area contributed by atoms with Crippen molar-refractivity contribution in [3.05, 3.63) is 57.7 Å². The van der Waals surface area contributed by atoms with Crippen molar-refractivity contribution in [2.24, 2.45) is 5.92 Å². The summed E-state index contributed by atoms with van der Waals surface area (Å²) in [4.78, 5) is 26.6. The number of nitrogens with one attached hydrogen (secondary N) is 1. The lowest BCUT2D eigenvalue weighted by Crippen LogP contribution is -2.28. The smallest absolute Gasteiger partial charge is 0.229 e. The van der Waals surface area contributed by atoms with Gasteiger partial charge in [0, 0.05) is 27.9 Å². The summed E-state index contributed by atoms with van der Waals surface area (Å²) < 4.78 is 1.11. The van der Waals surface area contributed by atoms with Crippen LogP contribution in [0.15, 0.2) is 48.5 Å². The van der Waals surface area contributed by atoms with Crippen LogP contribution < -0.4 is 10.2 Å². The molecule has 0 unspecified atom stereocenters. The molecule has 0 spiro atoms. The number of benzene rings is 2. The van der Waals surface area contributed by atoms with E-state index < -0.39 is 0 Å². The Labute approximate surface area is 155 Å². The molecule has 0 aromatic heterocycles. The van der Waals surface area contributed by atoms with Gasteiger partial charge in [-0.05, 0) is 64.9 Å². The van der Waals surface area contributed by atoms with Crippen LogP contribution in [-0.4, -0.2) is 18.4 Å². The van der Waals surface area contributed by atoms with Gasteiger partial charge in [-0.2, -0.15) is 0 Å². The van der Waals surface area contributed by atoms with Crippen LogP contribution >= 0.6 is 22.6 Å². The summed E-state index contributed by atoms with van der Waals surface area (Å²) in [6.07, 6.45) is 1.12. The molecule has 5 heteroatoms. The summed E-state index contributed by atoms with van der Waals surface area (Å²) in [7, 11) is 0. The van der Waals surface area contributed by atoms with E-state index in [4.69, 9.17) is 0 Å². The maximum Gasteiger partial charge on any atom is 0.229 e. The predicted molar refractivity (Wildman–Crippen MR) is 104 cm³/mol. The van der Waals surface area contributed by atoms with Crippen molar-refractivity contribution in [3.63, 3.8) is 0 Å². The van der Waals surface area contributed by atoms with Crippen molar-refractivity contribution in [3.8, 4) is 0 Å². The van der Waals surface area contributed by atoms with Gasteiger partial charge in [0.05, 0.1) is 5.92 Å². The summed E-state index contributed by atoms with van der Waals surface area (Å²) in [6.45, 7) is 2.51. The van der Waals surface area contributed by atoms with Crippen LogP contribution in [-0.2, 0) is 16.0 Å². The van der Waals surface area contributed by atoms with Gasteiger partial charge in [-0.3, -0.25) is 9.59 Å². The monoisotopic (exact) mass is 434 g/mol. The average Bonchev–Trinajstić information content (AvgIpc) is 2.98. The molecule has 1 saturated heterocycles. The minimum atomic E-state index is -0.318. The number of carbonyl (C=O) groups excluding carboxylic acids is 2. The Morgan fingerprint density at radius 1 is 1.21 bits per heavy atom. The van der Waals surface area contributed by atoms with E-state index in [1.165, 1.54) is 0 Å². The highest BCUT2D eigenvalue weighted by Gasteiger charge is 2.35. The quantitative estimate of drug-likeness (QED) is 0.744. The molecule has 24 heavy (non-hydrogen) atoms. The number of hydrogen-bond acceptors (Lipinski definition) is 2. The molecule has 0 saturated carbocycles. The van der Waals surface area contributed by atoms with Crippen molar-refractivity contribution < 1.29 is 9.59 Å². The topological polar surface area (TPSA) is 49.4 Å². The molecular formula is C19H19IN2O2. The molecule has 1 N–H and O–H groups in total. The lowest BCUT2D eigenvalue weighted by molar-refractivity contribution is -0.122. The second-order valence-corrected chi connectivity index (χ2v) is 7.13. The lowest BCUT2D eigenvalue weighted by atomic mass is 10.1. The number of rotatable bonds is 4. The molecule has 2 aromatic carbocycles. The fraction of sp³-hybridized carbons (Fsp3) is 0.263. The maximum absolute atomic E-state index is 12.5. The van der Waals surface area contributed by atoms with Crippen molar-refractivity contribution in [1.82, 2.24) is 0 Å². The molecule has 124 valence electrons. The Morgan fingerprint density at radius 3 is 2.62 bits per heavy atom. The maximum atomic E-state index is 12.5. The van der Waals surface area contributed by atoms with E-state index in [2.05, 4.69) is 34.8 Å². The van der Waals surface area contributed by atoms with Crippen molar-refractivity contribution >= 4 is 45.8 Å². The van der Waals surface area contributed by atoms with E-state index in [1.807, 2.05) is 48.5 Å². The summed E-state index contributed by atoms with van der Waals surface area (Å²) in [5.74, 6) is -0.401. The van der Waals surface area contributed by atoms with Crippen molar-refractivity contribution in [2.75, 3.05) is 16.8 Å². The summed E-state index contributed by atoms with van der Waals surface area (Å²) in [6, 6.07) is 15.5. The predicted octanol–water partition coefficient (Wildman–Crippen LogP) is 3.85. The molecule has 0 bridgehead atoms. The van der Waals surface area contributed by atoms with Gasteiger partial charge < -0.3 is 10.2 Å². The molecule has 1 atom stereocenters. The van der Waals surface area contributed by atoms with E-state index in [9.17, 15) is 9.59 Å². The average molecular weight is 434 g/mol. The third-order valence-corrected chi connectivity index (χ3v) is 4.99. The molecule has 1 fully saturated rings. The van der Waals surface area contributed by atoms with Crippen LogP contribution in [0.3, 0.4) is 0 Å². The molecule has 2 aromatic rings. The molecular weight excluding hydrogens is 415 g/mol. The van der Waals surface area contributed by atoms with Gasteiger partial charge in [-0.15, -0.1) is 0 Å². The molecule has 2 amide bonds. The van der Waals surface area contributed by atoms with Gasteiger partial charge in [0.1, 0.15) is 0 Å². The third-order valence-electron chi connectivity index (χ3n) is 4.27. The van der Waals surface area contributed by atoms with Gasteiger partial charge in [0.25, 0.3) is 0 Å². The molecule has 1 heterocycles. The zero-order valence-electron chi connectivity index (χ0n) is 13.5. The van der Waals surface area contributed by atoms with Crippen LogP contribution in [0.1, 0.15) is 18.9 Å². The summed E-state index contributed by atoms with van der Waals surface area (Å²) in [5, 5.41) is 2.91. The third kappa shape index (κ3) is 3.61. The van der Waals surface area contributed by atoms with Crippen LogP contribution in [0.25, 0.3) is 0 Å². The molecule has 4 nitrogen and oxygen atoms in total. The van der Waals surface area contributed by atoms with Crippen LogP contribution in [0.4, 0.5) is 11.4 Å². The molecule has 0 radical (unpaired) electrons. The number of amides is 2. The Bertz CT molecular complexity index is 758. The van der Waals surface area contributed by atoms with Gasteiger partial charge in [-0.1, -0.05) is 25.1 Å². The molecule has 3 rings (SSSR count). The number of hydrogen-bond donors (Lipinski definition) is 1. The minimum absolute atomic E-state index is 0.0126. The van der Waals surface area contributed by atoms with Gasteiger partial charge >= 0.3 is 0 Å². The largest absolute Gasteiger partial charge is 0.326 e. The first-order valence-corrected chi connectivity index (χ1v) is 9.11. The SMILES string of the molecule is CCc1ccccc1N1C[C@@H](C(=O)Nc2ccc(I)cc2)CC1=O. The normalized spacial score (nSPS) is 17.2. The van der Waals surface area contributed by atoms with Gasteiger partial charge in [0.2, 0.25) is 11.8 Å². The second kappa shape index (κ2) is 7.34. The van der Waals surface area contributed by atoms with Gasteiger partial charge in [0.15, 0.2) is 0 Å². The Hall–Kier alpha value is -1.89. The fourth-order valence-electron chi connectivity index (χ4n) is 2.97. The lowest BCUT2D eigenvalue weighted by Gasteiger charge is -2.20. The van der Waals surface area contributed by atoms with Crippen LogP contribution in [0.2, 0.25) is 0 Å². The molecule has 1 aliphatic rings. The number of anilines is 2. The number of aryl methyl sites for hydroxylation is 1. The van der Waals surface area contributed by atoms with Crippen molar-refractivity contribution in [2.45, 2.75) is 19.8 Å². The Kier molecular flexibility index (Phi) is 5.18. The summed E-state index contributed by atoms with van der Waals surface area (Å²) >= 11 is 2.22. The fourth-order valence-corrected chi connectivity index (χ4v) is 3.33. The highest BCUT2D eigenvalue weighted by Crippen LogP contribution is 2.29. The number of carbonyl (C=O) groups is 2. The first-order valence-electron chi connectivity index (χ1n) is 8.03. The first-order chi connectivity index (χ1) is 11.6. The zero-order chi connectivity index (χ0) is 17.1. The van der Waals surface area contributed by atoms with E-state index in [1.54, 1.807) is 4.90 Å². The molecule has 0 aliphatic carbocycles. The van der Waals surface area contributed by atoms with E-state index in [0.29, 0.717) is 6.54 Å². The minimum Gasteiger partial charge on any atom is -0.326 e. The number of para-hydroxylation sites is 1. The zero-order valence-corrected chi connectivity index (χ0v) is 15.6. The number of halogens is 1. The number of nitrogens with zero attached hydrogens (tertiary/aromatic N) is 1. The van der Waals surface area contributed by atoms with E-state index in [0.717, 1.165) is 26.9 Å². The Morgan fingerprint density at radius 2 is 1.92 bits per heavy atom. The summed E-state index contributed by atoms with van der Waals surface area (Å²) in [5.41, 5.74) is 2.82. The standard InChI is InChI=1S/C19H19IN2O2/c1-2-13-5-3-4-6-17(13)22-12-14(11-18(22)23)19(24)21-16-9-7-15(20)8-10-16/h3-10,14H,2,11-12H2,1H3,(H,21,24)/t14-/m0/s1. The highest BCUT2D eigenvalue weighted by molar-refractivity contribution is 14.1. The Balaban J connectivity index is 1.72. The van der Waals surface area contributed by atoms with E-state index >= 15 is 0 Å². The van der Waals surface area contributed by atoms with Crippen molar-refractivity contribution in [1.29, 1.82) is 0 Å². The molecule has 1 aliphatic heterocycles. The van der Waals surface area contributed by atoms with E-state index in [-0.39, 0.29) is 24.2 Å². The first kappa shape index (κ1) is 17.0. The highest BCUT2D eigenvalue weighted by atomic mass is 127. The van der Waals surface area contributed by atoms with Gasteiger partial charge in [-0.25, -0.2) is 0 Å². The second-order valence-electron chi connectivity index (χ2n) is 5.88. The van der Waals surface area contributed by atoms with Crippen LogP contribution in [0.5, 0.6) is 0 Å².